The fourth-order valence-electron chi connectivity index (χ4n) is 3.64. The van der Waals surface area contributed by atoms with Crippen LogP contribution in [0, 0.1) is 11.3 Å². The molecule has 4 N–H and O–H groups in total. The van der Waals surface area contributed by atoms with Crippen molar-refractivity contribution in [1.29, 1.82) is 0 Å². The number of nitrogens with one attached hydrogen (secondary N) is 1. The molecule has 4 nitrogen and oxygen atoms in total. The van der Waals surface area contributed by atoms with Crippen LogP contribution in [0.3, 0.4) is 0 Å². The van der Waals surface area contributed by atoms with Crippen LogP contribution in [0.2, 0.25) is 0 Å². The van der Waals surface area contributed by atoms with Gasteiger partial charge < -0.3 is 20.9 Å². The predicted molar refractivity (Wildman–Crippen MR) is 67.8 cm³/mol. The number of hydrogen-bond acceptors (Lipinski definition) is 4. The summed E-state index contributed by atoms with van der Waals surface area (Å²) in [5.74, 6) is 0.293. The Balaban J connectivity index is 2.25. The van der Waals surface area contributed by atoms with Crippen molar-refractivity contribution in [3.8, 4) is 0 Å². The molecular formula is C13H26N2O2. The van der Waals surface area contributed by atoms with Crippen LogP contribution in [-0.2, 0) is 4.74 Å². The van der Waals surface area contributed by atoms with Gasteiger partial charge >= 0.3 is 0 Å². The molecule has 0 bridgehead atoms. The van der Waals surface area contributed by atoms with E-state index in [2.05, 4.69) is 12.2 Å². The zero-order valence-electron chi connectivity index (χ0n) is 10.9. The minimum atomic E-state index is -0.651. The van der Waals surface area contributed by atoms with Gasteiger partial charge in [-0.15, -0.1) is 0 Å². The Bertz CT molecular complexity index is 254. The fourth-order valence-corrected chi connectivity index (χ4v) is 3.64. The summed E-state index contributed by atoms with van der Waals surface area (Å²) in [7, 11) is 0. The number of ether oxygens (including phenoxy) is 1. The Hall–Kier alpha value is -0.160. The van der Waals surface area contributed by atoms with Crippen LogP contribution >= 0.6 is 0 Å². The topological polar surface area (TPSA) is 67.5 Å². The molecular weight excluding hydrogens is 216 g/mol. The van der Waals surface area contributed by atoms with Crippen molar-refractivity contribution in [2.75, 3.05) is 32.8 Å². The van der Waals surface area contributed by atoms with Crippen molar-refractivity contribution in [3.63, 3.8) is 0 Å². The molecule has 4 heteroatoms. The highest BCUT2D eigenvalue weighted by atomic mass is 16.5. The maximum absolute atomic E-state index is 11.2. The highest BCUT2D eigenvalue weighted by molar-refractivity contribution is 5.06. The second kappa shape index (κ2) is 5.22. The zero-order valence-corrected chi connectivity index (χ0v) is 10.9. The van der Waals surface area contributed by atoms with E-state index >= 15 is 0 Å². The Labute approximate surface area is 104 Å². The van der Waals surface area contributed by atoms with Crippen molar-refractivity contribution in [3.05, 3.63) is 0 Å². The van der Waals surface area contributed by atoms with E-state index in [0.29, 0.717) is 19.1 Å². The molecule has 0 radical (unpaired) electrons. The number of rotatable bonds is 3. The van der Waals surface area contributed by atoms with Gasteiger partial charge in [-0.1, -0.05) is 6.92 Å². The van der Waals surface area contributed by atoms with Crippen molar-refractivity contribution >= 4 is 0 Å². The van der Waals surface area contributed by atoms with Crippen LogP contribution in [0.4, 0.5) is 0 Å². The summed E-state index contributed by atoms with van der Waals surface area (Å²) in [5.41, 5.74) is 5.13. The van der Waals surface area contributed by atoms with Crippen molar-refractivity contribution in [2.45, 2.75) is 38.2 Å². The first-order chi connectivity index (χ1) is 8.18. The number of hydrogen-bond donors (Lipinski definition) is 3. The van der Waals surface area contributed by atoms with Gasteiger partial charge in [0.05, 0.1) is 12.2 Å². The molecule has 2 saturated heterocycles. The van der Waals surface area contributed by atoms with Crippen molar-refractivity contribution in [2.24, 2.45) is 17.1 Å². The second-order valence-electron chi connectivity index (χ2n) is 5.62. The van der Waals surface area contributed by atoms with E-state index in [-0.39, 0.29) is 5.41 Å². The molecule has 0 aromatic rings. The molecule has 0 amide bonds. The van der Waals surface area contributed by atoms with E-state index in [1.165, 1.54) is 0 Å². The van der Waals surface area contributed by atoms with Crippen LogP contribution in [0.25, 0.3) is 0 Å². The van der Waals surface area contributed by atoms with Crippen LogP contribution in [-0.4, -0.2) is 43.6 Å². The van der Waals surface area contributed by atoms with Gasteiger partial charge in [0.1, 0.15) is 0 Å². The first kappa shape index (κ1) is 13.3. The Morgan fingerprint density at radius 3 is 2.88 bits per heavy atom. The van der Waals surface area contributed by atoms with Gasteiger partial charge in [-0.2, -0.15) is 0 Å². The lowest BCUT2D eigenvalue weighted by Gasteiger charge is -2.54. The Morgan fingerprint density at radius 1 is 1.47 bits per heavy atom. The van der Waals surface area contributed by atoms with Crippen LogP contribution < -0.4 is 11.1 Å². The molecule has 0 spiro atoms. The number of aliphatic hydroxyl groups is 1. The van der Waals surface area contributed by atoms with Crippen LogP contribution in [0.5, 0.6) is 0 Å². The zero-order chi connectivity index (χ0) is 12.4. The molecule has 0 aliphatic carbocycles. The molecule has 3 atom stereocenters. The normalized spacial score (nSPS) is 43.6. The highest BCUT2D eigenvalue weighted by Crippen LogP contribution is 2.46. The summed E-state index contributed by atoms with van der Waals surface area (Å²) < 4.78 is 5.63. The maximum atomic E-state index is 11.2. The third-order valence-corrected chi connectivity index (χ3v) is 4.87. The molecule has 0 aromatic heterocycles. The van der Waals surface area contributed by atoms with E-state index in [4.69, 9.17) is 10.5 Å². The van der Waals surface area contributed by atoms with E-state index in [0.717, 1.165) is 45.4 Å². The van der Waals surface area contributed by atoms with Crippen molar-refractivity contribution in [1.82, 2.24) is 5.32 Å². The monoisotopic (exact) mass is 242 g/mol. The van der Waals surface area contributed by atoms with Gasteiger partial charge in [0.2, 0.25) is 0 Å². The average Bonchev–Trinajstić information content (AvgIpc) is 2.40. The van der Waals surface area contributed by atoms with Gasteiger partial charge in [0.25, 0.3) is 0 Å². The van der Waals surface area contributed by atoms with Crippen molar-refractivity contribution < 1.29 is 9.84 Å². The molecule has 17 heavy (non-hydrogen) atoms. The van der Waals surface area contributed by atoms with Crippen LogP contribution in [0.1, 0.15) is 32.6 Å². The van der Waals surface area contributed by atoms with Crippen LogP contribution in [0.15, 0.2) is 0 Å². The smallest absolute Gasteiger partial charge is 0.0789 e. The third kappa shape index (κ3) is 2.12. The molecule has 2 aliphatic rings. The molecule has 2 heterocycles. The van der Waals surface area contributed by atoms with Gasteiger partial charge in [-0.25, -0.2) is 0 Å². The fraction of sp³-hybridized carbons (Fsp3) is 1.00. The average molecular weight is 242 g/mol. The molecule has 100 valence electrons. The summed E-state index contributed by atoms with van der Waals surface area (Å²) in [6.45, 7) is 5.89. The molecule has 3 unspecified atom stereocenters. The van der Waals surface area contributed by atoms with Gasteiger partial charge in [0, 0.05) is 31.0 Å². The van der Waals surface area contributed by atoms with Gasteiger partial charge in [-0.3, -0.25) is 0 Å². The predicted octanol–water partition coefficient (Wildman–Crippen LogP) is 0.492. The van der Waals surface area contributed by atoms with E-state index < -0.39 is 5.60 Å². The molecule has 2 aliphatic heterocycles. The van der Waals surface area contributed by atoms with Gasteiger partial charge in [-0.05, 0) is 32.2 Å². The maximum Gasteiger partial charge on any atom is 0.0789 e. The molecule has 0 saturated carbocycles. The number of nitrogens with two attached hydrogens (primary N) is 1. The molecule has 2 fully saturated rings. The Morgan fingerprint density at radius 2 is 2.29 bits per heavy atom. The van der Waals surface area contributed by atoms with E-state index in [1.807, 2.05) is 0 Å². The summed E-state index contributed by atoms with van der Waals surface area (Å²) >= 11 is 0. The molecule has 0 aromatic carbocycles. The highest BCUT2D eigenvalue weighted by Gasteiger charge is 2.54. The lowest BCUT2D eigenvalue weighted by Crippen LogP contribution is -2.64. The minimum Gasteiger partial charge on any atom is -0.389 e. The third-order valence-electron chi connectivity index (χ3n) is 4.87. The SMILES string of the molecule is CCC1CNCCC1(O)C1(CN)CCCOC1. The molecule has 2 rings (SSSR count). The van der Waals surface area contributed by atoms with Gasteiger partial charge in [0.15, 0.2) is 0 Å². The lowest BCUT2D eigenvalue weighted by atomic mass is 9.60. The number of piperidine rings is 1. The first-order valence-electron chi connectivity index (χ1n) is 6.89. The summed E-state index contributed by atoms with van der Waals surface area (Å²) in [4.78, 5) is 0. The first-order valence-corrected chi connectivity index (χ1v) is 6.89. The summed E-state index contributed by atoms with van der Waals surface area (Å²) in [6.07, 6.45) is 3.80. The Kier molecular flexibility index (Phi) is 4.08. The lowest BCUT2D eigenvalue weighted by molar-refractivity contribution is -0.183. The summed E-state index contributed by atoms with van der Waals surface area (Å²) in [5, 5.41) is 14.6. The summed E-state index contributed by atoms with van der Waals surface area (Å²) in [6, 6.07) is 0. The largest absolute Gasteiger partial charge is 0.389 e. The minimum absolute atomic E-state index is 0.228. The quantitative estimate of drug-likeness (QED) is 0.674. The second-order valence-corrected chi connectivity index (χ2v) is 5.62. The van der Waals surface area contributed by atoms with E-state index in [9.17, 15) is 5.11 Å². The van der Waals surface area contributed by atoms with E-state index in [1.54, 1.807) is 0 Å². The standard InChI is InChI=1S/C13H26N2O2/c1-2-11-8-15-6-5-13(11,16)12(9-14)4-3-7-17-10-12/h11,15-16H,2-10,14H2,1H3.